The molecule has 0 aliphatic carbocycles. The highest BCUT2D eigenvalue weighted by molar-refractivity contribution is 5.56. The van der Waals surface area contributed by atoms with Gasteiger partial charge in [-0.1, -0.05) is 90.1 Å². The second kappa shape index (κ2) is 24.3. The van der Waals surface area contributed by atoms with Crippen LogP contribution in [0.2, 0.25) is 0 Å². The summed E-state index contributed by atoms with van der Waals surface area (Å²) >= 11 is 0. The Balaban J connectivity index is 1.25. The van der Waals surface area contributed by atoms with Gasteiger partial charge in [-0.3, -0.25) is 0 Å². The van der Waals surface area contributed by atoms with Crippen LogP contribution in [-0.4, -0.2) is 9.97 Å². The van der Waals surface area contributed by atoms with Crippen LogP contribution in [0.3, 0.4) is 0 Å². The van der Waals surface area contributed by atoms with Gasteiger partial charge < -0.3 is 31.9 Å². The van der Waals surface area contributed by atoms with Crippen LogP contribution >= 0.6 is 0 Å². The van der Waals surface area contributed by atoms with Crippen molar-refractivity contribution < 1.29 is 0 Å². The summed E-state index contributed by atoms with van der Waals surface area (Å²) in [6, 6.07) is 26.9. The van der Waals surface area contributed by atoms with E-state index in [1.54, 1.807) is 0 Å². The summed E-state index contributed by atoms with van der Waals surface area (Å²) in [6.07, 6.45) is 5.90. The minimum absolute atomic E-state index is 0.752. The minimum atomic E-state index is 0.752. The van der Waals surface area contributed by atoms with Crippen LogP contribution in [0.5, 0.6) is 0 Å². The molecule has 6 N–H and O–H groups in total. The van der Waals surface area contributed by atoms with Gasteiger partial charge in [0.2, 0.25) is 0 Å². The fourth-order valence-electron chi connectivity index (χ4n) is 11.3. The third-order valence-corrected chi connectivity index (χ3v) is 14.1. The van der Waals surface area contributed by atoms with Gasteiger partial charge in [-0.05, 0) is 191 Å². The standard InChI is InChI=1S/C60H80N8/c1-11-47-53-33-61-29-43-19-17-21-45(27-43)31-63-35-55-48(12-2)56(52(16-6)58(51(55)15-5)38-66-60-26-40(8)24-42(10)68-60)36-64-32-46-22-18-20-44(28-46)30-62-34-54(47)50(14-4)57(49(53)13-3)37-65-59-25-39(7)23-41(9)67-59/h17-28,61-64H,11-16,29-38H2,1-10H3,(H,65,67)(H,66,68). The SMILES string of the molecule is CCc1c2c(CC)c(CNc3cc(C)cc(C)n3)c(CC)c1CNCc1cccc(c1)CNCc1c(CC)c(c(CC)c(CNc3cc(C)cc(C)n3)c1CC)CNCc1cccc(c1)CNC2. The first-order chi connectivity index (χ1) is 33.1. The van der Waals surface area contributed by atoms with Crippen LogP contribution in [0.4, 0.5) is 11.6 Å². The van der Waals surface area contributed by atoms with Gasteiger partial charge in [-0.15, -0.1) is 0 Å². The Labute approximate surface area is 409 Å². The number of aromatic nitrogens is 2. The molecule has 0 radical (unpaired) electrons. The monoisotopic (exact) mass is 913 g/mol. The molecule has 1 aliphatic heterocycles. The topological polar surface area (TPSA) is 98.0 Å². The Hall–Kier alpha value is -5.38. The van der Waals surface area contributed by atoms with Gasteiger partial charge in [-0.25, -0.2) is 9.97 Å². The fraction of sp³-hybridized carbons (Fsp3) is 0.433. The summed E-state index contributed by atoms with van der Waals surface area (Å²) in [5.41, 5.74) is 27.3. The van der Waals surface area contributed by atoms with E-state index in [1.807, 2.05) is 0 Å². The van der Waals surface area contributed by atoms with E-state index in [4.69, 9.17) is 9.97 Å². The summed E-state index contributed by atoms with van der Waals surface area (Å²) in [4.78, 5) is 9.74. The molecule has 1 aliphatic rings. The molecule has 68 heavy (non-hydrogen) atoms. The first-order valence-electron chi connectivity index (χ1n) is 25.8. The molecule has 0 unspecified atom stereocenters. The third-order valence-electron chi connectivity index (χ3n) is 14.1. The molecule has 0 saturated carbocycles. The van der Waals surface area contributed by atoms with Crippen molar-refractivity contribution in [2.24, 2.45) is 0 Å². The Morgan fingerprint density at radius 2 is 0.662 bits per heavy atom. The highest BCUT2D eigenvalue weighted by Gasteiger charge is 2.23. The molecule has 4 aromatic carbocycles. The number of benzene rings is 4. The number of hydrogen-bond donors (Lipinski definition) is 6. The molecular formula is C60H80N8. The van der Waals surface area contributed by atoms with Gasteiger partial charge >= 0.3 is 0 Å². The van der Waals surface area contributed by atoms with Crippen LogP contribution in [-0.2, 0) is 104 Å². The van der Waals surface area contributed by atoms with Gasteiger partial charge in [0.05, 0.1) is 0 Å². The first kappa shape index (κ1) is 50.5. The number of rotatable bonds is 12. The molecular weight excluding hydrogens is 833 g/mol. The van der Waals surface area contributed by atoms with Crippen molar-refractivity contribution in [1.29, 1.82) is 0 Å². The van der Waals surface area contributed by atoms with Crippen molar-refractivity contribution in [1.82, 2.24) is 31.2 Å². The van der Waals surface area contributed by atoms with Crippen LogP contribution < -0.4 is 31.9 Å². The maximum atomic E-state index is 4.87. The molecule has 0 fully saturated rings. The lowest BCUT2D eigenvalue weighted by Crippen LogP contribution is -2.24. The zero-order valence-electron chi connectivity index (χ0n) is 43.1. The van der Waals surface area contributed by atoms with Gasteiger partial charge in [0, 0.05) is 76.8 Å². The number of nitrogens with zero attached hydrogens (tertiary/aromatic N) is 2. The molecule has 0 amide bonds. The van der Waals surface area contributed by atoms with Crippen molar-refractivity contribution >= 4 is 11.6 Å². The van der Waals surface area contributed by atoms with Gasteiger partial charge in [0.15, 0.2) is 0 Å². The minimum Gasteiger partial charge on any atom is -0.366 e. The van der Waals surface area contributed by atoms with Gasteiger partial charge in [0.25, 0.3) is 0 Å². The smallest absolute Gasteiger partial charge is 0.126 e. The Morgan fingerprint density at radius 3 is 0.926 bits per heavy atom. The van der Waals surface area contributed by atoms with Crippen molar-refractivity contribution in [2.75, 3.05) is 10.6 Å². The van der Waals surface area contributed by atoms with Gasteiger partial charge in [-0.2, -0.15) is 0 Å². The molecule has 3 heterocycles. The third kappa shape index (κ3) is 12.3. The average Bonchev–Trinajstić information content (AvgIpc) is 3.32. The van der Waals surface area contributed by atoms with Crippen LogP contribution in [0.15, 0.2) is 72.8 Å². The molecule has 0 atom stereocenters. The number of fused-ring (bicyclic) bond motifs is 8. The first-order valence-corrected chi connectivity index (χ1v) is 25.8. The van der Waals surface area contributed by atoms with E-state index in [0.717, 1.165) is 127 Å². The predicted octanol–water partition coefficient (Wildman–Crippen LogP) is 11.8. The molecule has 8 heteroatoms. The Morgan fingerprint density at radius 1 is 0.368 bits per heavy atom. The number of nitrogens with one attached hydrogen (secondary N) is 6. The van der Waals surface area contributed by atoms with E-state index >= 15 is 0 Å². The predicted molar refractivity (Wildman–Crippen MR) is 286 cm³/mol. The summed E-state index contributed by atoms with van der Waals surface area (Å²) in [5.74, 6) is 1.89. The second-order valence-electron chi connectivity index (χ2n) is 19.0. The van der Waals surface area contributed by atoms with Gasteiger partial charge in [0.1, 0.15) is 11.6 Å². The van der Waals surface area contributed by atoms with Crippen LogP contribution in [0, 0.1) is 27.7 Å². The highest BCUT2D eigenvalue weighted by Crippen LogP contribution is 2.34. The van der Waals surface area contributed by atoms with Crippen molar-refractivity contribution in [2.45, 2.75) is 173 Å². The number of hydrogen-bond acceptors (Lipinski definition) is 8. The molecule has 6 aromatic rings. The van der Waals surface area contributed by atoms with Crippen molar-refractivity contribution in [3.63, 3.8) is 0 Å². The summed E-state index contributed by atoms with van der Waals surface area (Å²) < 4.78 is 0. The van der Waals surface area contributed by atoms with Crippen LogP contribution in [0.25, 0.3) is 0 Å². The van der Waals surface area contributed by atoms with E-state index < -0.39 is 0 Å². The summed E-state index contributed by atoms with van der Waals surface area (Å²) in [6.45, 7) is 30.5. The molecule has 2 aromatic heterocycles. The Kier molecular flexibility index (Phi) is 18.0. The number of anilines is 2. The Bertz CT molecular complexity index is 2330. The van der Waals surface area contributed by atoms with E-state index in [1.165, 1.54) is 100 Å². The highest BCUT2D eigenvalue weighted by atomic mass is 15.0. The van der Waals surface area contributed by atoms with Crippen LogP contribution in [0.1, 0.15) is 153 Å². The number of pyridine rings is 2. The molecule has 7 rings (SSSR count). The van der Waals surface area contributed by atoms with E-state index in [9.17, 15) is 0 Å². The van der Waals surface area contributed by atoms with E-state index in [-0.39, 0.29) is 0 Å². The molecule has 0 saturated heterocycles. The molecule has 0 spiro atoms. The normalized spacial score (nSPS) is 13.8. The zero-order chi connectivity index (χ0) is 48.2. The summed E-state index contributed by atoms with van der Waals surface area (Å²) in [5, 5.41) is 23.4. The maximum absolute atomic E-state index is 4.87. The average molecular weight is 913 g/mol. The lowest BCUT2D eigenvalue weighted by molar-refractivity contribution is 0.650. The quantitative estimate of drug-likeness (QED) is 0.0723. The molecule has 360 valence electrons. The molecule has 8 bridgehead atoms. The second-order valence-corrected chi connectivity index (χ2v) is 19.0. The largest absolute Gasteiger partial charge is 0.366 e. The molecule has 8 nitrogen and oxygen atoms in total. The van der Waals surface area contributed by atoms with Crippen molar-refractivity contribution in [3.05, 3.63) is 184 Å². The number of aryl methyl sites for hydroxylation is 4. The fourth-order valence-corrected chi connectivity index (χ4v) is 11.3. The van der Waals surface area contributed by atoms with Crippen molar-refractivity contribution in [3.8, 4) is 0 Å². The van der Waals surface area contributed by atoms with E-state index in [0.29, 0.717) is 0 Å². The van der Waals surface area contributed by atoms with E-state index in [2.05, 4.69) is 174 Å². The lowest BCUT2D eigenvalue weighted by atomic mass is 9.83. The maximum Gasteiger partial charge on any atom is 0.126 e. The zero-order valence-corrected chi connectivity index (χ0v) is 43.1. The lowest BCUT2D eigenvalue weighted by Gasteiger charge is -2.27. The summed E-state index contributed by atoms with van der Waals surface area (Å²) in [7, 11) is 0.